The minimum absolute atomic E-state index is 0.00590. The largest absolute Gasteiger partial charge is 0.462 e. The summed E-state index contributed by atoms with van der Waals surface area (Å²) < 4.78 is 55.9. The van der Waals surface area contributed by atoms with Crippen LogP contribution in [0.15, 0.2) is 23.8 Å². The number of methoxy groups -OCH3 is 2. The molecule has 5 aliphatic heterocycles. The molecular formula is C53H92N2O16. The van der Waals surface area contributed by atoms with Crippen LogP contribution in [-0.4, -0.2) is 205 Å². The van der Waals surface area contributed by atoms with E-state index < -0.39 is 127 Å². The van der Waals surface area contributed by atoms with Crippen molar-refractivity contribution in [3.63, 3.8) is 0 Å². The van der Waals surface area contributed by atoms with E-state index in [1.807, 2.05) is 59.7 Å². The molecular weight excluding hydrogens is 921 g/mol. The van der Waals surface area contributed by atoms with Crippen LogP contribution in [0.3, 0.4) is 0 Å². The van der Waals surface area contributed by atoms with E-state index >= 15 is 0 Å². The normalized spacial score (nSPS) is 46.3. The summed E-state index contributed by atoms with van der Waals surface area (Å²) in [5, 5.41) is 56.8. The van der Waals surface area contributed by atoms with Crippen molar-refractivity contribution in [1.29, 1.82) is 0 Å². The molecule has 4 saturated heterocycles. The molecule has 0 radical (unpaired) electrons. The van der Waals surface area contributed by atoms with Crippen molar-refractivity contribution in [2.45, 2.75) is 212 Å². The number of carbonyl (C=O) groups is 2. The van der Waals surface area contributed by atoms with Gasteiger partial charge in [-0.2, -0.15) is 0 Å². The van der Waals surface area contributed by atoms with Crippen LogP contribution >= 0.6 is 0 Å². The van der Waals surface area contributed by atoms with E-state index in [9.17, 15) is 35.1 Å². The van der Waals surface area contributed by atoms with E-state index in [4.69, 9.17) is 42.6 Å². The number of ketones is 1. The number of ether oxygens (including phenoxy) is 9. The summed E-state index contributed by atoms with van der Waals surface area (Å²) in [6.07, 6.45) is -6.00. The maximum Gasteiger partial charge on any atom is 0.308 e. The molecule has 0 amide bonds. The van der Waals surface area contributed by atoms with Crippen molar-refractivity contribution in [2.75, 3.05) is 54.6 Å². The van der Waals surface area contributed by atoms with Gasteiger partial charge in [0.05, 0.1) is 55.2 Å². The van der Waals surface area contributed by atoms with Gasteiger partial charge >= 0.3 is 5.97 Å². The number of aliphatic hydroxyl groups is 5. The predicted molar refractivity (Wildman–Crippen MR) is 264 cm³/mol. The number of hydrogen-bond donors (Lipinski definition) is 5. The van der Waals surface area contributed by atoms with Crippen LogP contribution in [0, 0.1) is 35.5 Å². The van der Waals surface area contributed by atoms with Crippen LogP contribution in [0.25, 0.3) is 0 Å². The van der Waals surface area contributed by atoms with Gasteiger partial charge in [-0.15, -0.1) is 0 Å². The summed E-state index contributed by atoms with van der Waals surface area (Å²) in [6.45, 7) is 21.4. The lowest BCUT2D eigenvalue weighted by molar-refractivity contribution is -0.342. The lowest BCUT2D eigenvalue weighted by atomic mass is 9.79. The molecule has 0 aromatic carbocycles. The highest BCUT2D eigenvalue weighted by molar-refractivity contribution is 5.91. The maximum absolute atomic E-state index is 14.2. The highest BCUT2D eigenvalue weighted by Crippen LogP contribution is 2.38. The summed E-state index contributed by atoms with van der Waals surface area (Å²) in [5.74, 6) is -1.74. The monoisotopic (exact) mass is 1010 g/mol. The second-order valence-corrected chi connectivity index (χ2v) is 22.3. The molecule has 410 valence electrons. The number of allylic oxidation sites excluding steroid dienone is 3. The molecule has 0 saturated carbocycles. The van der Waals surface area contributed by atoms with Crippen LogP contribution in [0.1, 0.15) is 108 Å². The number of cyclic esters (lactones) is 1. The van der Waals surface area contributed by atoms with Crippen molar-refractivity contribution in [2.24, 2.45) is 35.5 Å². The number of aliphatic hydroxyl groups excluding tert-OH is 4. The van der Waals surface area contributed by atoms with E-state index in [1.54, 1.807) is 26.0 Å². The van der Waals surface area contributed by atoms with Gasteiger partial charge in [0.2, 0.25) is 0 Å². The SMILES string of the molecule is CC[C@H]1OC(=O)C[C@@H](O)[C@H](C)[C@@H](O[C@@H]2O[C@H](C)[C@@H](O[C@H]3C[C@@](C)(O)[C@@H](O)[C@H](C)O3)[C@H](N(C)C)[C@H]2O)[C@@H](CCN2C[C@H](C)C[C@H](C)C2)C[C@@H](C)C(=O)/C=C/C(C)=C/[C@@H]1CO[C@@H]1O[C@H](C)[C@@H](O)[C@@H](OC)[C@H]1OC. The van der Waals surface area contributed by atoms with Crippen LogP contribution < -0.4 is 0 Å². The van der Waals surface area contributed by atoms with Crippen LogP contribution in [0.2, 0.25) is 0 Å². The number of carbonyl (C=O) groups excluding carboxylic acids is 2. The first-order valence-electron chi connectivity index (χ1n) is 26.3. The Hall–Kier alpha value is -1.98. The third-order valence-corrected chi connectivity index (χ3v) is 15.8. The van der Waals surface area contributed by atoms with Gasteiger partial charge in [0.1, 0.15) is 42.7 Å². The molecule has 23 atom stereocenters. The summed E-state index contributed by atoms with van der Waals surface area (Å²) >= 11 is 0. The fourth-order valence-electron chi connectivity index (χ4n) is 11.8. The van der Waals surface area contributed by atoms with Crippen LogP contribution in [0.4, 0.5) is 0 Å². The number of piperidine rings is 1. The number of likely N-dealkylation sites (tertiary alicyclic amines) is 1. The Morgan fingerprint density at radius 2 is 1.45 bits per heavy atom. The van der Waals surface area contributed by atoms with Crippen LogP contribution in [-0.2, 0) is 52.2 Å². The first-order valence-corrected chi connectivity index (χ1v) is 26.3. The second kappa shape index (κ2) is 26.7. The molecule has 0 spiro atoms. The molecule has 0 aliphatic carbocycles. The van der Waals surface area contributed by atoms with Gasteiger partial charge in [0.15, 0.2) is 24.7 Å². The fraction of sp³-hybridized carbons (Fsp3) is 0.887. The quantitative estimate of drug-likeness (QED) is 0.157. The molecule has 5 aliphatic rings. The molecule has 18 heteroatoms. The molecule has 0 bridgehead atoms. The standard InChI is InChI=1S/C53H92N2O16/c1-15-40-37(27-65-52-49(64-14)48(63-13)44(59)33(7)67-52)21-28(2)16-17-38(56)31(5)22-36(18-19-55-25-29(3)20-30(4)26-55)46(32(6)39(57)23-41(58)69-40)71-51-45(60)43(54(11)12)47(34(8)68-51)70-42-24-53(10,62)50(61)35(9)66-42/h16-17,21,29-37,39-40,42-52,57,59-62H,15,18-20,22-27H2,1-14H3/b17-16+,28-21+/t29-,30+,31-,32+,33-,34-,35+,36+,37-,39-,40-,42+,43-,44-,45-,46-,47-,48-,49-,50+,51+,52-,53-/m1/s1. The smallest absolute Gasteiger partial charge is 0.308 e. The molecule has 0 aromatic heterocycles. The lowest BCUT2D eigenvalue weighted by Gasteiger charge is -2.50. The van der Waals surface area contributed by atoms with E-state index in [2.05, 4.69) is 18.7 Å². The minimum atomic E-state index is -1.47. The summed E-state index contributed by atoms with van der Waals surface area (Å²) in [4.78, 5) is 32.6. The van der Waals surface area contributed by atoms with E-state index in [1.165, 1.54) is 21.1 Å². The average Bonchev–Trinajstić information content (AvgIpc) is 3.29. The van der Waals surface area contributed by atoms with Gasteiger partial charge in [-0.3, -0.25) is 9.59 Å². The summed E-state index contributed by atoms with van der Waals surface area (Å²) in [7, 11) is 6.61. The van der Waals surface area contributed by atoms with E-state index in [0.717, 1.165) is 25.1 Å². The van der Waals surface area contributed by atoms with Crippen molar-refractivity contribution >= 4 is 11.8 Å². The number of likely N-dealkylation sites (N-methyl/N-ethyl adjacent to an activating group) is 1. The Morgan fingerprint density at radius 3 is 2.06 bits per heavy atom. The Labute approximate surface area is 423 Å². The fourth-order valence-corrected chi connectivity index (χ4v) is 11.8. The molecule has 71 heavy (non-hydrogen) atoms. The zero-order chi connectivity index (χ0) is 52.6. The highest BCUT2D eigenvalue weighted by atomic mass is 16.7. The highest BCUT2D eigenvalue weighted by Gasteiger charge is 2.52. The van der Waals surface area contributed by atoms with Gasteiger partial charge in [-0.25, -0.2) is 0 Å². The Kier molecular flexibility index (Phi) is 22.5. The van der Waals surface area contributed by atoms with Crippen molar-refractivity contribution < 1.29 is 77.8 Å². The summed E-state index contributed by atoms with van der Waals surface area (Å²) in [5.41, 5.74) is -0.726. The maximum atomic E-state index is 14.2. The lowest BCUT2D eigenvalue weighted by Crippen LogP contribution is -2.65. The predicted octanol–water partition coefficient (Wildman–Crippen LogP) is 3.61. The zero-order valence-electron chi connectivity index (χ0n) is 45.1. The first kappa shape index (κ1) is 59.9. The second-order valence-electron chi connectivity index (χ2n) is 22.3. The minimum Gasteiger partial charge on any atom is -0.462 e. The van der Waals surface area contributed by atoms with Gasteiger partial charge < -0.3 is 78.0 Å². The van der Waals surface area contributed by atoms with Crippen molar-refractivity contribution in [1.82, 2.24) is 9.80 Å². The van der Waals surface area contributed by atoms with Crippen LogP contribution in [0.5, 0.6) is 0 Å². The molecule has 5 rings (SSSR count). The van der Waals surface area contributed by atoms with Crippen molar-refractivity contribution in [3.8, 4) is 0 Å². The Bertz CT molecular complexity index is 1720. The molecule has 4 fully saturated rings. The van der Waals surface area contributed by atoms with Gasteiger partial charge in [-0.1, -0.05) is 52.3 Å². The van der Waals surface area contributed by atoms with Crippen molar-refractivity contribution in [3.05, 3.63) is 23.8 Å². The first-order chi connectivity index (χ1) is 33.4. The molecule has 5 N–H and O–H groups in total. The third kappa shape index (κ3) is 15.6. The van der Waals surface area contributed by atoms with Gasteiger partial charge in [-0.05, 0) is 105 Å². The van der Waals surface area contributed by atoms with Gasteiger partial charge in [0, 0.05) is 51.5 Å². The number of nitrogens with zero attached hydrogens (tertiary/aromatic N) is 2. The molecule has 0 unspecified atom stereocenters. The summed E-state index contributed by atoms with van der Waals surface area (Å²) in [6, 6.07) is -0.693. The molecule has 0 aromatic rings. The number of hydrogen-bond acceptors (Lipinski definition) is 18. The third-order valence-electron chi connectivity index (χ3n) is 15.8. The number of esters is 1. The van der Waals surface area contributed by atoms with Gasteiger partial charge in [0.25, 0.3) is 0 Å². The van der Waals surface area contributed by atoms with E-state index in [0.29, 0.717) is 37.6 Å². The Balaban J connectivity index is 1.46. The Morgan fingerprint density at radius 1 is 0.803 bits per heavy atom. The number of rotatable bonds is 14. The average molecular weight is 1010 g/mol. The molecule has 5 heterocycles. The zero-order valence-corrected chi connectivity index (χ0v) is 45.1. The molecule has 18 nitrogen and oxygen atoms in total. The van der Waals surface area contributed by atoms with E-state index in [-0.39, 0.29) is 31.1 Å². The topological polar surface area (TPSA) is 225 Å².